The van der Waals surface area contributed by atoms with Gasteiger partial charge in [-0.15, -0.1) is 0 Å². The van der Waals surface area contributed by atoms with E-state index in [-0.39, 0.29) is 33.7 Å². The highest BCUT2D eigenvalue weighted by Gasteiger charge is 2.49. The molecular formula is C27H30ClNO6. The molecule has 186 valence electrons. The van der Waals surface area contributed by atoms with Crippen molar-refractivity contribution in [3.05, 3.63) is 58.1 Å². The number of hydrogen-bond acceptors (Lipinski definition) is 6. The van der Waals surface area contributed by atoms with Gasteiger partial charge in [-0.05, 0) is 43.5 Å². The Morgan fingerprint density at radius 1 is 1.03 bits per heavy atom. The fraction of sp³-hybridized carbons (Fsp3) is 0.407. The number of methoxy groups -OCH3 is 2. The lowest BCUT2D eigenvalue weighted by Gasteiger charge is -2.35. The molecule has 1 aliphatic heterocycles. The van der Waals surface area contributed by atoms with Crippen LogP contribution in [0.5, 0.6) is 17.2 Å². The highest BCUT2D eigenvalue weighted by Crippen LogP contribution is 2.45. The number of ketones is 1. The van der Waals surface area contributed by atoms with Crippen molar-refractivity contribution in [1.29, 1.82) is 0 Å². The van der Waals surface area contributed by atoms with Crippen molar-refractivity contribution in [2.24, 2.45) is 0 Å². The molecular weight excluding hydrogens is 470 g/mol. The van der Waals surface area contributed by atoms with Crippen LogP contribution >= 0.6 is 11.6 Å². The number of hydrogen-bond donors (Lipinski definition) is 1. The van der Waals surface area contributed by atoms with E-state index in [0.29, 0.717) is 18.1 Å². The first-order chi connectivity index (χ1) is 16.9. The molecule has 2 fully saturated rings. The molecule has 0 radical (unpaired) electrons. The summed E-state index contributed by atoms with van der Waals surface area (Å²) in [5.74, 6) is -0.322. The molecule has 7 nitrogen and oxygen atoms in total. The summed E-state index contributed by atoms with van der Waals surface area (Å²) >= 11 is 6.33. The van der Waals surface area contributed by atoms with Crippen molar-refractivity contribution in [2.45, 2.75) is 51.1 Å². The summed E-state index contributed by atoms with van der Waals surface area (Å²) in [5.41, 5.74) is 0.957. The van der Waals surface area contributed by atoms with Gasteiger partial charge in [0.1, 0.15) is 23.0 Å². The van der Waals surface area contributed by atoms with Gasteiger partial charge < -0.3 is 24.2 Å². The third-order valence-electron chi connectivity index (χ3n) is 6.68. The van der Waals surface area contributed by atoms with Crippen LogP contribution in [0.15, 0.2) is 42.0 Å². The minimum atomic E-state index is -0.737. The number of carbonyl (C=O) groups excluding carboxylic acids is 2. The molecule has 1 saturated carbocycles. The molecule has 2 aromatic carbocycles. The largest absolute Gasteiger partial charge is 0.507 e. The van der Waals surface area contributed by atoms with Gasteiger partial charge in [-0.2, -0.15) is 0 Å². The molecule has 2 aromatic rings. The number of aliphatic hydroxyl groups is 1. The Hall–Kier alpha value is -3.19. The van der Waals surface area contributed by atoms with Crippen LogP contribution in [0.2, 0.25) is 5.02 Å². The van der Waals surface area contributed by atoms with Crippen LogP contribution in [0.25, 0.3) is 5.76 Å². The Kier molecular flexibility index (Phi) is 7.55. The van der Waals surface area contributed by atoms with Crippen molar-refractivity contribution in [3.63, 3.8) is 0 Å². The number of halogens is 1. The minimum absolute atomic E-state index is 0.0178. The van der Waals surface area contributed by atoms with Gasteiger partial charge in [0.15, 0.2) is 0 Å². The number of nitrogens with zero attached hydrogens (tertiary/aromatic N) is 1. The van der Waals surface area contributed by atoms with Crippen LogP contribution < -0.4 is 14.2 Å². The van der Waals surface area contributed by atoms with E-state index in [1.54, 1.807) is 11.0 Å². The van der Waals surface area contributed by atoms with Crippen molar-refractivity contribution in [1.82, 2.24) is 4.90 Å². The number of Topliss-reactive ketones (excluding diaryl/α,β-unsaturated/α-hetero) is 1. The summed E-state index contributed by atoms with van der Waals surface area (Å²) in [6, 6.07) is 9.50. The number of carbonyl (C=O) groups is 2. The third-order valence-corrected chi connectivity index (χ3v) is 6.98. The summed E-state index contributed by atoms with van der Waals surface area (Å²) in [4.78, 5) is 28.4. The maximum atomic E-state index is 13.4. The van der Waals surface area contributed by atoms with E-state index in [1.165, 1.54) is 20.3 Å². The lowest BCUT2D eigenvalue weighted by molar-refractivity contribution is -0.141. The first-order valence-corrected chi connectivity index (χ1v) is 12.2. The molecule has 0 aromatic heterocycles. The Labute approximate surface area is 210 Å². The van der Waals surface area contributed by atoms with Gasteiger partial charge in [0.05, 0.1) is 43.0 Å². The van der Waals surface area contributed by atoms with E-state index in [9.17, 15) is 14.7 Å². The van der Waals surface area contributed by atoms with Gasteiger partial charge in [-0.25, -0.2) is 0 Å². The van der Waals surface area contributed by atoms with Gasteiger partial charge in [0.25, 0.3) is 11.7 Å². The zero-order valence-electron chi connectivity index (χ0n) is 20.2. The molecule has 8 heteroatoms. The molecule has 0 spiro atoms. The highest BCUT2D eigenvalue weighted by atomic mass is 35.5. The zero-order valence-corrected chi connectivity index (χ0v) is 20.9. The Morgan fingerprint density at radius 2 is 1.69 bits per heavy atom. The van der Waals surface area contributed by atoms with Crippen LogP contribution in [-0.4, -0.2) is 48.6 Å². The first kappa shape index (κ1) is 24.9. The van der Waals surface area contributed by atoms with Crippen molar-refractivity contribution in [2.75, 3.05) is 20.8 Å². The molecule has 1 atom stereocenters. The Bertz CT molecular complexity index is 1140. The number of amides is 1. The maximum absolute atomic E-state index is 13.4. The topological polar surface area (TPSA) is 85.3 Å². The molecule has 1 heterocycles. The van der Waals surface area contributed by atoms with Crippen LogP contribution in [0.4, 0.5) is 0 Å². The fourth-order valence-electron chi connectivity index (χ4n) is 5.02. The predicted octanol–water partition coefficient (Wildman–Crippen LogP) is 5.51. The van der Waals surface area contributed by atoms with Crippen molar-refractivity contribution < 1.29 is 28.9 Å². The number of benzene rings is 2. The van der Waals surface area contributed by atoms with Crippen LogP contribution in [0, 0.1) is 0 Å². The molecule has 4 rings (SSSR count). The SMILES string of the molecule is CCOc1ccc(C2/C(=C(\O)c3cc(Cl)c(OC)cc3OC)C(=O)C(=O)N2C2CCCCC2)cc1. The summed E-state index contributed by atoms with van der Waals surface area (Å²) in [6.07, 6.45) is 4.73. The molecule has 1 aliphatic carbocycles. The van der Waals surface area contributed by atoms with Crippen LogP contribution in [-0.2, 0) is 9.59 Å². The second kappa shape index (κ2) is 10.6. The maximum Gasteiger partial charge on any atom is 0.295 e. The second-order valence-corrected chi connectivity index (χ2v) is 9.09. The molecule has 0 bridgehead atoms. The number of rotatable bonds is 7. The quantitative estimate of drug-likeness (QED) is 0.307. The summed E-state index contributed by atoms with van der Waals surface area (Å²) in [6.45, 7) is 2.43. The summed E-state index contributed by atoms with van der Waals surface area (Å²) in [7, 11) is 2.92. The van der Waals surface area contributed by atoms with Crippen LogP contribution in [0.1, 0.15) is 56.2 Å². The van der Waals surface area contributed by atoms with Crippen molar-refractivity contribution in [3.8, 4) is 17.2 Å². The second-order valence-electron chi connectivity index (χ2n) is 8.69. The van der Waals surface area contributed by atoms with E-state index >= 15 is 0 Å². The van der Waals surface area contributed by atoms with Gasteiger partial charge in [-0.3, -0.25) is 9.59 Å². The smallest absolute Gasteiger partial charge is 0.295 e. The Balaban J connectivity index is 1.89. The van der Waals surface area contributed by atoms with Crippen molar-refractivity contribution >= 4 is 29.1 Å². The van der Waals surface area contributed by atoms with E-state index in [4.69, 9.17) is 25.8 Å². The lowest BCUT2D eigenvalue weighted by atomic mass is 9.91. The van der Waals surface area contributed by atoms with Crippen LogP contribution in [0.3, 0.4) is 0 Å². The van der Waals surface area contributed by atoms with E-state index < -0.39 is 17.7 Å². The number of likely N-dealkylation sites (tertiary alicyclic amines) is 1. The van der Waals surface area contributed by atoms with Gasteiger partial charge >= 0.3 is 0 Å². The predicted molar refractivity (Wildman–Crippen MR) is 133 cm³/mol. The molecule has 35 heavy (non-hydrogen) atoms. The molecule has 1 amide bonds. The van der Waals surface area contributed by atoms with Gasteiger partial charge in [0.2, 0.25) is 0 Å². The first-order valence-electron chi connectivity index (χ1n) is 11.9. The molecule has 1 saturated heterocycles. The monoisotopic (exact) mass is 499 g/mol. The standard InChI is InChI=1S/C27H30ClNO6/c1-4-35-18-12-10-16(11-13-18)24-23(26(31)27(32)29(24)17-8-6-5-7-9-17)25(30)19-14-20(28)22(34-3)15-21(19)33-2/h10-15,17,24,30H,4-9H2,1-3H3/b25-23+. The lowest BCUT2D eigenvalue weighted by Crippen LogP contribution is -2.40. The molecule has 2 aliphatic rings. The fourth-order valence-corrected chi connectivity index (χ4v) is 5.26. The van der Waals surface area contributed by atoms with E-state index in [0.717, 1.165) is 37.7 Å². The molecule has 1 N–H and O–H groups in total. The number of ether oxygens (including phenoxy) is 3. The zero-order chi connectivity index (χ0) is 25.1. The summed E-state index contributed by atoms with van der Waals surface area (Å²) in [5, 5.41) is 11.7. The average Bonchev–Trinajstić information content (AvgIpc) is 3.14. The normalized spacial score (nSPS) is 20.2. The average molecular weight is 500 g/mol. The number of aliphatic hydroxyl groups excluding tert-OH is 1. The van der Waals surface area contributed by atoms with E-state index in [2.05, 4.69) is 0 Å². The summed E-state index contributed by atoms with van der Waals surface area (Å²) < 4.78 is 16.3. The van der Waals surface area contributed by atoms with E-state index in [1.807, 2.05) is 31.2 Å². The highest BCUT2D eigenvalue weighted by molar-refractivity contribution is 6.46. The van der Waals surface area contributed by atoms with Gasteiger partial charge in [-0.1, -0.05) is 43.0 Å². The third kappa shape index (κ3) is 4.69. The van der Waals surface area contributed by atoms with Gasteiger partial charge in [0, 0.05) is 12.1 Å². The Morgan fingerprint density at radius 3 is 2.29 bits per heavy atom. The molecule has 1 unspecified atom stereocenters. The minimum Gasteiger partial charge on any atom is -0.507 e.